The molecule has 0 unspecified atom stereocenters. The zero-order valence-corrected chi connectivity index (χ0v) is 26.2. The Balaban J connectivity index is 1.49. The lowest BCUT2D eigenvalue weighted by Crippen LogP contribution is -2.55. The van der Waals surface area contributed by atoms with Gasteiger partial charge in [0.2, 0.25) is 11.6 Å². The Kier molecular flexibility index (Phi) is 9.05. The van der Waals surface area contributed by atoms with Crippen molar-refractivity contribution >= 4 is 23.5 Å². The molecule has 1 saturated carbocycles. The molecular weight excluding hydrogens is 640 g/mol. The molecule has 250 valence electrons. The zero-order chi connectivity index (χ0) is 34.9. The summed E-state index contributed by atoms with van der Waals surface area (Å²) in [6.45, 7) is 9.18. The van der Waals surface area contributed by atoms with E-state index in [0.29, 0.717) is 34.4 Å². The fourth-order valence-electron chi connectivity index (χ4n) is 5.95. The number of likely N-dealkylation sites (N-methyl/N-ethyl adjacent to an activating group) is 1. The van der Waals surface area contributed by atoms with E-state index in [4.69, 9.17) is 11.7 Å². The van der Waals surface area contributed by atoms with Crippen LogP contribution in [0.2, 0.25) is 0 Å². The monoisotopic (exact) mass is 670 g/mol. The third-order valence-electron chi connectivity index (χ3n) is 8.48. The van der Waals surface area contributed by atoms with Gasteiger partial charge in [0.05, 0.1) is 30.1 Å². The van der Waals surface area contributed by atoms with E-state index in [-0.39, 0.29) is 30.3 Å². The third kappa shape index (κ3) is 6.80. The molecule has 3 aromatic carbocycles. The predicted octanol–water partition coefficient (Wildman–Crippen LogP) is 6.16. The maximum atomic E-state index is 14.4. The molecule has 9 nitrogen and oxygen atoms in total. The highest BCUT2D eigenvalue weighted by Crippen LogP contribution is 2.44. The summed E-state index contributed by atoms with van der Waals surface area (Å²) in [7, 11) is 0. The Bertz CT molecular complexity index is 1980. The molecule has 1 aliphatic heterocycles. The molecule has 2 heterocycles. The summed E-state index contributed by atoms with van der Waals surface area (Å²) in [5, 5.41) is 10.3. The lowest BCUT2D eigenvalue weighted by molar-refractivity contribution is -0.137. The second-order valence-corrected chi connectivity index (χ2v) is 11.8. The van der Waals surface area contributed by atoms with Crippen molar-refractivity contribution in [1.29, 1.82) is 0 Å². The third-order valence-corrected chi connectivity index (χ3v) is 8.48. The van der Waals surface area contributed by atoms with Crippen LogP contribution >= 0.6 is 0 Å². The number of alkyl halides is 3. The van der Waals surface area contributed by atoms with Crippen LogP contribution < -0.4 is 15.5 Å². The van der Waals surface area contributed by atoms with E-state index >= 15 is 0 Å². The highest BCUT2D eigenvalue weighted by Gasteiger charge is 2.46. The standard InChI is InChI=1S/C36H30F4N6O3/c1-3-45-34-30(28(44-46(34)26-10-5-4-6-11-26)20-42-33(48)27(41-2)18-21-12-13-21)29(22-14-16-25(37)17-15-22)31(35(45)49)43-32(47)23-8-7-9-24(19-23)36(38,39)40/h4-11,14-19,21,29,31H,3,12-13,20H2,1H3,(H,42,48)(H,43,47)/b27-18-/t29-,31-/m0/s1. The van der Waals surface area contributed by atoms with Gasteiger partial charge in [-0.3, -0.25) is 19.3 Å². The molecule has 0 spiro atoms. The minimum absolute atomic E-state index is 0.0504. The highest BCUT2D eigenvalue weighted by molar-refractivity contribution is 6.05. The van der Waals surface area contributed by atoms with Crippen molar-refractivity contribution in [2.75, 3.05) is 11.4 Å². The fourth-order valence-corrected chi connectivity index (χ4v) is 5.95. The molecule has 4 aromatic rings. The summed E-state index contributed by atoms with van der Waals surface area (Å²) < 4.78 is 56.3. The van der Waals surface area contributed by atoms with Crippen molar-refractivity contribution in [1.82, 2.24) is 20.4 Å². The molecule has 0 saturated heterocycles. The minimum Gasteiger partial charge on any atom is -0.356 e. The number of allylic oxidation sites excluding steroid dienone is 1. The van der Waals surface area contributed by atoms with Crippen LogP contribution in [0.15, 0.2) is 90.6 Å². The zero-order valence-electron chi connectivity index (χ0n) is 26.2. The Hall–Kier alpha value is -5.77. The number of hydrogen-bond acceptors (Lipinski definition) is 4. The SMILES string of the molecule is [C-]#[N+]/C(=C\C1CC1)C(=O)NCc1nn(-c2ccccc2)c2c1[C@H](c1ccc(F)cc1)[C@H](NC(=O)c1cccc(C(F)(F)F)c1)C(=O)N2CC. The van der Waals surface area contributed by atoms with Gasteiger partial charge in [-0.25, -0.2) is 13.9 Å². The largest absolute Gasteiger partial charge is 0.416 e. The first-order chi connectivity index (χ1) is 23.5. The lowest BCUT2D eigenvalue weighted by atomic mass is 9.80. The van der Waals surface area contributed by atoms with E-state index in [9.17, 15) is 31.9 Å². The van der Waals surface area contributed by atoms with Crippen LogP contribution in [-0.4, -0.2) is 40.1 Å². The summed E-state index contributed by atoms with van der Waals surface area (Å²) in [5.74, 6) is -3.13. The molecule has 1 aliphatic carbocycles. The number of aromatic nitrogens is 2. The van der Waals surface area contributed by atoms with E-state index in [1.54, 1.807) is 41.9 Å². The maximum absolute atomic E-state index is 14.4. The quantitative estimate of drug-likeness (QED) is 0.127. The number of hydrogen-bond donors (Lipinski definition) is 2. The van der Waals surface area contributed by atoms with Crippen LogP contribution in [0.25, 0.3) is 10.5 Å². The average molecular weight is 671 g/mol. The molecule has 1 aromatic heterocycles. The number of fused-ring (bicyclic) bond motifs is 1. The van der Waals surface area contributed by atoms with Crippen LogP contribution in [0, 0.1) is 18.3 Å². The van der Waals surface area contributed by atoms with E-state index < -0.39 is 47.2 Å². The first-order valence-electron chi connectivity index (χ1n) is 15.6. The number of amides is 3. The Morgan fingerprint density at radius 2 is 1.76 bits per heavy atom. The number of rotatable bonds is 9. The molecule has 1 fully saturated rings. The molecular formula is C36H30F4N6O3. The van der Waals surface area contributed by atoms with Crippen molar-refractivity contribution in [3.05, 3.63) is 136 Å². The Morgan fingerprint density at radius 3 is 2.39 bits per heavy atom. The summed E-state index contributed by atoms with van der Waals surface area (Å²) in [6.07, 6.45) is -1.27. The van der Waals surface area contributed by atoms with Crippen LogP contribution in [0.5, 0.6) is 0 Å². The van der Waals surface area contributed by atoms with Crippen LogP contribution in [0.4, 0.5) is 23.4 Å². The average Bonchev–Trinajstić information content (AvgIpc) is 3.85. The number of nitrogens with zero attached hydrogens (tertiary/aromatic N) is 4. The Morgan fingerprint density at radius 1 is 1.04 bits per heavy atom. The van der Waals surface area contributed by atoms with Gasteiger partial charge in [-0.15, -0.1) is 0 Å². The van der Waals surface area contributed by atoms with Gasteiger partial charge in [0, 0.05) is 23.6 Å². The molecule has 0 radical (unpaired) electrons. The number of benzene rings is 3. The number of carbonyl (C=O) groups excluding carboxylic acids is 3. The summed E-state index contributed by atoms with van der Waals surface area (Å²) in [6, 6.07) is 16.7. The second-order valence-electron chi connectivity index (χ2n) is 11.8. The van der Waals surface area contributed by atoms with Crippen molar-refractivity contribution in [3.63, 3.8) is 0 Å². The Labute approximate surface area is 279 Å². The summed E-state index contributed by atoms with van der Waals surface area (Å²) in [5.41, 5.74) is 0.351. The maximum Gasteiger partial charge on any atom is 0.416 e. The van der Waals surface area contributed by atoms with E-state index in [1.807, 2.05) is 6.07 Å². The minimum atomic E-state index is -4.70. The fraction of sp³-hybridized carbons (Fsp3) is 0.250. The molecule has 2 aliphatic rings. The first-order valence-corrected chi connectivity index (χ1v) is 15.6. The van der Waals surface area contributed by atoms with Crippen molar-refractivity contribution in [3.8, 4) is 5.69 Å². The molecule has 3 amide bonds. The van der Waals surface area contributed by atoms with Crippen molar-refractivity contribution in [2.24, 2.45) is 5.92 Å². The summed E-state index contributed by atoms with van der Waals surface area (Å²) >= 11 is 0. The number of para-hydroxylation sites is 1. The summed E-state index contributed by atoms with van der Waals surface area (Å²) in [4.78, 5) is 45.9. The predicted molar refractivity (Wildman–Crippen MR) is 172 cm³/mol. The van der Waals surface area contributed by atoms with E-state index in [1.165, 1.54) is 35.2 Å². The molecule has 2 atom stereocenters. The van der Waals surface area contributed by atoms with Crippen LogP contribution in [0.3, 0.4) is 0 Å². The topological polar surface area (TPSA) is 101 Å². The number of nitrogens with one attached hydrogen (secondary N) is 2. The van der Waals surface area contributed by atoms with Gasteiger partial charge >= 0.3 is 6.18 Å². The molecule has 13 heteroatoms. The van der Waals surface area contributed by atoms with Gasteiger partial charge in [-0.1, -0.05) is 42.5 Å². The molecule has 0 bridgehead atoms. The first kappa shape index (κ1) is 33.1. The van der Waals surface area contributed by atoms with Gasteiger partial charge in [-0.05, 0) is 73.7 Å². The van der Waals surface area contributed by atoms with Gasteiger partial charge in [0.25, 0.3) is 11.8 Å². The molecule has 2 N–H and O–H groups in total. The van der Waals surface area contributed by atoms with Crippen LogP contribution in [-0.2, 0) is 22.3 Å². The number of carbonyl (C=O) groups is 3. The van der Waals surface area contributed by atoms with Crippen LogP contribution in [0.1, 0.15) is 58.4 Å². The highest BCUT2D eigenvalue weighted by atomic mass is 19.4. The van der Waals surface area contributed by atoms with Gasteiger partial charge in [0.1, 0.15) is 17.7 Å². The normalized spacial score (nSPS) is 17.7. The number of halogens is 4. The molecule has 6 rings (SSSR count). The smallest absolute Gasteiger partial charge is 0.356 e. The molecule has 49 heavy (non-hydrogen) atoms. The lowest BCUT2D eigenvalue weighted by Gasteiger charge is -2.38. The van der Waals surface area contributed by atoms with Crippen molar-refractivity contribution < 1.29 is 31.9 Å². The van der Waals surface area contributed by atoms with Crippen molar-refractivity contribution in [2.45, 2.75) is 44.4 Å². The van der Waals surface area contributed by atoms with Gasteiger partial charge < -0.3 is 10.6 Å². The van der Waals surface area contributed by atoms with E-state index in [0.717, 1.165) is 25.0 Å². The van der Waals surface area contributed by atoms with Gasteiger partial charge in [0.15, 0.2) is 0 Å². The van der Waals surface area contributed by atoms with E-state index in [2.05, 4.69) is 15.5 Å². The van der Waals surface area contributed by atoms with Gasteiger partial charge in [-0.2, -0.15) is 18.3 Å². The number of anilines is 1. The second kappa shape index (κ2) is 13.4.